The van der Waals surface area contributed by atoms with Crippen molar-refractivity contribution in [2.45, 2.75) is 0 Å². The Morgan fingerprint density at radius 1 is 1.33 bits per heavy atom. The van der Waals surface area contributed by atoms with Crippen molar-refractivity contribution in [2.24, 2.45) is 0 Å². The number of rotatable bonds is 4. The summed E-state index contributed by atoms with van der Waals surface area (Å²) < 4.78 is 36.5. The van der Waals surface area contributed by atoms with Crippen LogP contribution in [0.25, 0.3) is 0 Å². The van der Waals surface area contributed by atoms with Crippen LogP contribution in [-0.2, 0) is 14.9 Å². The van der Waals surface area contributed by atoms with Gasteiger partial charge in [-0.05, 0) is 28.1 Å². The molecule has 0 saturated carbocycles. The summed E-state index contributed by atoms with van der Waals surface area (Å²) in [4.78, 5) is 10.8. The van der Waals surface area contributed by atoms with E-state index < -0.39 is 16.3 Å². The van der Waals surface area contributed by atoms with Gasteiger partial charge in [-0.1, -0.05) is 0 Å². The van der Waals surface area contributed by atoms with E-state index in [4.69, 9.17) is 4.74 Å². The first-order valence-corrected chi connectivity index (χ1v) is 6.87. The summed E-state index contributed by atoms with van der Waals surface area (Å²) in [5.74, 6) is 0.467. The van der Waals surface area contributed by atoms with E-state index in [-0.39, 0.29) is 5.69 Å². The van der Waals surface area contributed by atoms with E-state index in [1.54, 1.807) is 16.9 Å². The Kier molecular flexibility index (Phi) is 4.79. The van der Waals surface area contributed by atoms with Crippen molar-refractivity contribution in [1.29, 1.82) is 0 Å². The summed E-state index contributed by atoms with van der Waals surface area (Å²) in [6.07, 6.45) is -1.08. The Morgan fingerprint density at radius 3 is 2.56 bits per heavy atom. The Balaban J connectivity index is 2.93. The van der Waals surface area contributed by atoms with Crippen molar-refractivity contribution < 1.29 is 22.7 Å². The predicted octanol–water partition coefficient (Wildman–Crippen LogP) is 1.47. The van der Waals surface area contributed by atoms with Crippen LogP contribution in [0.4, 0.5) is 10.5 Å². The number of ether oxygens (including phenoxy) is 2. The number of methoxy groups -OCH3 is 2. The molecule has 0 aliphatic carbocycles. The topological polar surface area (TPSA) is 93.7 Å². The van der Waals surface area contributed by atoms with E-state index in [0.717, 1.165) is 7.11 Å². The lowest BCUT2D eigenvalue weighted by Crippen LogP contribution is -2.35. The molecule has 0 bridgehead atoms. The second-order valence-corrected chi connectivity index (χ2v) is 5.31. The lowest BCUT2D eigenvalue weighted by molar-refractivity contribution is 0.177. The van der Waals surface area contributed by atoms with Crippen molar-refractivity contribution in [3.05, 3.63) is 22.7 Å². The van der Waals surface area contributed by atoms with Crippen molar-refractivity contribution in [1.82, 2.24) is 4.72 Å². The predicted molar refractivity (Wildman–Crippen MR) is 68.8 cm³/mol. The Labute approximate surface area is 113 Å². The second-order valence-electron chi connectivity index (χ2n) is 3.04. The maximum Gasteiger partial charge on any atom is 0.422 e. The van der Waals surface area contributed by atoms with E-state index in [2.05, 4.69) is 25.4 Å². The zero-order chi connectivity index (χ0) is 13.8. The molecular formula is C9H11BrN2O5S. The molecule has 0 spiro atoms. The van der Waals surface area contributed by atoms with Crippen LogP contribution in [0.1, 0.15) is 0 Å². The fourth-order valence-corrected chi connectivity index (χ4v) is 2.32. The minimum Gasteiger partial charge on any atom is -0.497 e. The zero-order valence-electron chi connectivity index (χ0n) is 9.56. The summed E-state index contributed by atoms with van der Waals surface area (Å²) in [7, 11) is -1.54. The molecule has 1 amide bonds. The molecular weight excluding hydrogens is 328 g/mol. The van der Waals surface area contributed by atoms with Crippen LogP contribution in [0.15, 0.2) is 22.7 Å². The highest BCUT2D eigenvalue weighted by Crippen LogP contribution is 2.27. The molecule has 7 nitrogen and oxygen atoms in total. The Morgan fingerprint density at radius 2 is 2.00 bits per heavy atom. The van der Waals surface area contributed by atoms with Gasteiger partial charge in [-0.25, -0.2) is 9.52 Å². The summed E-state index contributed by atoms with van der Waals surface area (Å²) in [5, 5.41) is 0. The van der Waals surface area contributed by atoms with Crippen molar-refractivity contribution in [2.75, 3.05) is 18.9 Å². The molecule has 1 aromatic carbocycles. The SMILES string of the molecule is COC(=O)NS(=O)(=O)Nc1cc(OC)ccc1Br. The van der Waals surface area contributed by atoms with Crippen LogP contribution >= 0.6 is 15.9 Å². The van der Waals surface area contributed by atoms with Crippen LogP contribution in [0.2, 0.25) is 0 Å². The fraction of sp³-hybridized carbons (Fsp3) is 0.222. The molecule has 18 heavy (non-hydrogen) atoms. The molecule has 9 heteroatoms. The zero-order valence-corrected chi connectivity index (χ0v) is 12.0. The van der Waals surface area contributed by atoms with Crippen LogP contribution in [0.3, 0.4) is 0 Å². The van der Waals surface area contributed by atoms with Crippen LogP contribution in [0.5, 0.6) is 5.75 Å². The molecule has 0 radical (unpaired) electrons. The van der Waals surface area contributed by atoms with Crippen molar-refractivity contribution >= 4 is 37.9 Å². The third-order valence-electron chi connectivity index (χ3n) is 1.82. The molecule has 2 N–H and O–H groups in total. The lowest BCUT2D eigenvalue weighted by Gasteiger charge is -2.11. The number of hydrogen-bond donors (Lipinski definition) is 2. The molecule has 0 fully saturated rings. The standard InChI is InChI=1S/C9H11BrN2O5S/c1-16-6-3-4-7(10)8(5-6)11-18(14,15)12-9(13)17-2/h3-5,11H,1-2H3,(H,12,13). The Bertz CT molecular complexity index is 546. The van der Waals surface area contributed by atoms with E-state index in [1.807, 2.05) is 0 Å². The fourth-order valence-electron chi connectivity index (χ4n) is 1.03. The van der Waals surface area contributed by atoms with Gasteiger partial charge in [0.25, 0.3) is 0 Å². The maximum atomic E-state index is 11.5. The van der Waals surface area contributed by atoms with Gasteiger partial charge in [0.15, 0.2) is 0 Å². The molecule has 1 rings (SSSR count). The minimum atomic E-state index is -4.05. The lowest BCUT2D eigenvalue weighted by atomic mass is 10.3. The minimum absolute atomic E-state index is 0.228. The normalized spacial score (nSPS) is 10.6. The molecule has 0 saturated heterocycles. The smallest absolute Gasteiger partial charge is 0.422 e. The van der Waals surface area contributed by atoms with Gasteiger partial charge in [-0.2, -0.15) is 8.42 Å². The highest BCUT2D eigenvalue weighted by Gasteiger charge is 2.16. The van der Waals surface area contributed by atoms with Crippen molar-refractivity contribution in [3.8, 4) is 5.75 Å². The molecule has 0 unspecified atom stereocenters. The average molecular weight is 339 g/mol. The van der Waals surface area contributed by atoms with Gasteiger partial charge in [-0.3, -0.25) is 4.72 Å². The number of halogens is 1. The quantitative estimate of drug-likeness (QED) is 0.866. The Hall–Kier alpha value is -1.48. The van der Waals surface area contributed by atoms with Crippen LogP contribution in [0, 0.1) is 0 Å². The number of nitrogens with one attached hydrogen (secondary N) is 2. The van der Waals surface area contributed by atoms with Crippen molar-refractivity contribution in [3.63, 3.8) is 0 Å². The van der Waals surface area contributed by atoms with E-state index in [9.17, 15) is 13.2 Å². The monoisotopic (exact) mass is 338 g/mol. The van der Waals surface area contributed by atoms with Gasteiger partial charge in [-0.15, -0.1) is 0 Å². The summed E-state index contributed by atoms with van der Waals surface area (Å²) >= 11 is 3.17. The third-order valence-corrected chi connectivity index (χ3v) is 3.44. The van der Waals surface area contributed by atoms with Gasteiger partial charge < -0.3 is 9.47 Å². The number of anilines is 1. The van der Waals surface area contributed by atoms with E-state index >= 15 is 0 Å². The molecule has 0 aromatic heterocycles. The second kappa shape index (κ2) is 5.91. The largest absolute Gasteiger partial charge is 0.497 e. The van der Waals surface area contributed by atoms with Gasteiger partial charge in [0.2, 0.25) is 0 Å². The molecule has 0 heterocycles. The maximum absolute atomic E-state index is 11.5. The number of carbonyl (C=O) groups excluding carboxylic acids is 1. The molecule has 0 aliphatic heterocycles. The van der Waals surface area contributed by atoms with Gasteiger partial charge in [0.1, 0.15) is 5.75 Å². The highest BCUT2D eigenvalue weighted by molar-refractivity contribution is 9.10. The number of amides is 1. The highest BCUT2D eigenvalue weighted by atomic mass is 79.9. The third kappa shape index (κ3) is 4.08. The summed E-state index contributed by atoms with van der Waals surface area (Å²) in [6.45, 7) is 0. The number of hydrogen-bond acceptors (Lipinski definition) is 5. The first kappa shape index (κ1) is 14.6. The van der Waals surface area contributed by atoms with Crippen LogP contribution < -0.4 is 14.2 Å². The molecule has 0 aliphatic rings. The summed E-state index contributed by atoms with van der Waals surface area (Å²) in [5.41, 5.74) is 0.228. The average Bonchev–Trinajstić information content (AvgIpc) is 2.31. The van der Waals surface area contributed by atoms with E-state index in [1.165, 1.54) is 13.2 Å². The van der Waals surface area contributed by atoms with E-state index in [0.29, 0.717) is 10.2 Å². The molecule has 100 valence electrons. The van der Waals surface area contributed by atoms with Gasteiger partial charge in [0.05, 0.1) is 19.9 Å². The summed E-state index contributed by atoms with van der Waals surface area (Å²) in [6, 6.07) is 4.71. The number of benzene rings is 1. The first-order chi connectivity index (χ1) is 8.38. The molecule has 1 aromatic rings. The van der Waals surface area contributed by atoms with Gasteiger partial charge >= 0.3 is 16.3 Å². The van der Waals surface area contributed by atoms with Crippen LogP contribution in [-0.4, -0.2) is 28.7 Å². The molecule has 0 atom stereocenters. The van der Waals surface area contributed by atoms with Gasteiger partial charge in [0, 0.05) is 10.5 Å². The number of carbonyl (C=O) groups is 1. The first-order valence-electron chi connectivity index (χ1n) is 4.60.